The molecule has 0 fully saturated rings. The van der Waals surface area contributed by atoms with Crippen LogP contribution in [0.15, 0.2) is 12.3 Å². The molecule has 14 heavy (non-hydrogen) atoms. The lowest BCUT2D eigenvalue weighted by atomic mass is 10.1. The zero-order chi connectivity index (χ0) is 10.4. The van der Waals surface area contributed by atoms with Gasteiger partial charge in [0.15, 0.2) is 0 Å². The van der Waals surface area contributed by atoms with Gasteiger partial charge in [-0.2, -0.15) is 5.10 Å². The fourth-order valence-corrected chi connectivity index (χ4v) is 1.58. The third-order valence-electron chi connectivity index (χ3n) is 2.31. The second-order valence-corrected chi connectivity index (χ2v) is 3.71. The Morgan fingerprint density at radius 2 is 2.21 bits per heavy atom. The highest BCUT2D eigenvalue weighted by Crippen LogP contribution is 2.15. The molecule has 1 atom stereocenters. The van der Waals surface area contributed by atoms with Gasteiger partial charge in [0.05, 0.1) is 11.7 Å². The minimum absolute atomic E-state index is 0.432. The molecule has 1 N–H and O–H groups in total. The summed E-state index contributed by atoms with van der Waals surface area (Å²) in [6.07, 6.45) is 5.54. The second-order valence-electron chi connectivity index (χ2n) is 3.71. The van der Waals surface area contributed by atoms with Gasteiger partial charge in [-0.25, -0.2) is 0 Å². The SMILES string of the molecule is CCCNC(CCC)c1ccn(C)n1. The van der Waals surface area contributed by atoms with Gasteiger partial charge in [-0.3, -0.25) is 4.68 Å². The lowest BCUT2D eigenvalue weighted by Crippen LogP contribution is -2.22. The smallest absolute Gasteiger partial charge is 0.0793 e. The van der Waals surface area contributed by atoms with E-state index in [2.05, 4.69) is 30.3 Å². The minimum atomic E-state index is 0.432. The molecule has 0 saturated heterocycles. The van der Waals surface area contributed by atoms with Gasteiger partial charge in [-0.1, -0.05) is 20.3 Å². The molecule has 0 amide bonds. The predicted molar refractivity (Wildman–Crippen MR) is 59.2 cm³/mol. The van der Waals surface area contributed by atoms with Crippen LogP contribution in [0.2, 0.25) is 0 Å². The number of hydrogen-bond donors (Lipinski definition) is 1. The number of nitrogens with zero attached hydrogens (tertiary/aromatic N) is 2. The Hall–Kier alpha value is -0.830. The Morgan fingerprint density at radius 3 is 2.71 bits per heavy atom. The fourth-order valence-electron chi connectivity index (χ4n) is 1.58. The summed E-state index contributed by atoms with van der Waals surface area (Å²) >= 11 is 0. The summed E-state index contributed by atoms with van der Waals surface area (Å²) in [4.78, 5) is 0. The summed E-state index contributed by atoms with van der Waals surface area (Å²) in [5.74, 6) is 0. The van der Waals surface area contributed by atoms with E-state index in [1.54, 1.807) is 0 Å². The van der Waals surface area contributed by atoms with Crippen LogP contribution in [0.4, 0.5) is 0 Å². The molecule has 0 aromatic carbocycles. The molecular weight excluding hydrogens is 174 g/mol. The van der Waals surface area contributed by atoms with E-state index in [0.29, 0.717) is 6.04 Å². The third-order valence-corrected chi connectivity index (χ3v) is 2.31. The molecule has 0 radical (unpaired) electrons. The molecule has 3 nitrogen and oxygen atoms in total. The molecule has 3 heteroatoms. The number of aromatic nitrogens is 2. The fraction of sp³-hybridized carbons (Fsp3) is 0.727. The first kappa shape index (κ1) is 11.2. The van der Waals surface area contributed by atoms with Gasteiger partial charge in [0.1, 0.15) is 0 Å². The van der Waals surface area contributed by atoms with E-state index in [0.717, 1.165) is 13.0 Å². The highest BCUT2D eigenvalue weighted by Gasteiger charge is 2.11. The van der Waals surface area contributed by atoms with Crippen molar-refractivity contribution in [1.29, 1.82) is 0 Å². The van der Waals surface area contributed by atoms with Crippen LogP contribution in [0, 0.1) is 0 Å². The first-order valence-corrected chi connectivity index (χ1v) is 5.50. The van der Waals surface area contributed by atoms with Crippen LogP contribution in [0.5, 0.6) is 0 Å². The van der Waals surface area contributed by atoms with Gasteiger partial charge < -0.3 is 5.32 Å². The summed E-state index contributed by atoms with van der Waals surface area (Å²) < 4.78 is 1.87. The van der Waals surface area contributed by atoms with Crippen molar-refractivity contribution in [1.82, 2.24) is 15.1 Å². The van der Waals surface area contributed by atoms with Crippen molar-refractivity contribution in [3.63, 3.8) is 0 Å². The molecule has 0 spiro atoms. The molecule has 0 saturated carbocycles. The Kier molecular flexibility index (Phi) is 4.66. The summed E-state index contributed by atoms with van der Waals surface area (Å²) in [7, 11) is 1.96. The number of rotatable bonds is 6. The highest BCUT2D eigenvalue weighted by molar-refractivity contribution is 5.05. The maximum atomic E-state index is 4.44. The largest absolute Gasteiger partial charge is 0.309 e. The Bertz CT molecular complexity index is 255. The number of hydrogen-bond acceptors (Lipinski definition) is 2. The van der Waals surface area contributed by atoms with Crippen molar-refractivity contribution < 1.29 is 0 Å². The molecule has 1 heterocycles. The van der Waals surface area contributed by atoms with Crippen molar-refractivity contribution >= 4 is 0 Å². The average molecular weight is 195 g/mol. The molecule has 0 bridgehead atoms. The molecule has 0 aliphatic heterocycles. The van der Waals surface area contributed by atoms with Gasteiger partial charge in [-0.15, -0.1) is 0 Å². The van der Waals surface area contributed by atoms with E-state index in [9.17, 15) is 0 Å². The van der Waals surface area contributed by atoms with Gasteiger partial charge in [0.25, 0.3) is 0 Å². The topological polar surface area (TPSA) is 29.9 Å². The summed E-state index contributed by atoms with van der Waals surface area (Å²) in [6, 6.07) is 2.53. The third kappa shape index (κ3) is 3.14. The number of nitrogens with one attached hydrogen (secondary N) is 1. The molecular formula is C11H21N3. The van der Waals surface area contributed by atoms with Crippen LogP contribution in [-0.4, -0.2) is 16.3 Å². The normalized spacial score (nSPS) is 13.1. The van der Waals surface area contributed by atoms with Gasteiger partial charge in [0.2, 0.25) is 0 Å². The van der Waals surface area contributed by atoms with Crippen LogP contribution >= 0.6 is 0 Å². The highest BCUT2D eigenvalue weighted by atomic mass is 15.3. The summed E-state index contributed by atoms with van der Waals surface area (Å²) in [5.41, 5.74) is 1.17. The minimum Gasteiger partial charge on any atom is -0.309 e. The van der Waals surface area contributed by atoms with Crippen LogP contribution in [-0.2, 0) is 7.05 Å². The van der Waals surface area contributed by atoms with Crippen LogP contribution in [0.25, 0.3) is 0 Å². The van der Waals surface area contributed by atoms with E-state index >= 15 is 0 Å². The zero-order valence-electron chi connectivity index (χ0n) is 9.45. The van der Waals surface area contributed by atoms with Crippen molar-refractivity contribution in [3.8, 4) is 0 Å². The van der Waals surface area contributed by atoms with Gasteiger partial charge in [0, 0.05) is 13.2 Å². The molecule has 1 rings (SSSR count). The van der Waals surface area contributed by atoms with E-state index in [4.69, 9.17) is 0 Å². The summed E-state index contributed by atoms with van der Waals surface area (Å²) in [6.45, 7) is 5.47. The average Bonchev–Trinajstić information content (AvgIpc) is 2.59. The lowest BCUT2D eigenvalue weighted by molar-refractivity contribution is 0.478. The number of aryl methyl sites for hydroxylation is 1. The van der Waals surface area contributed by atoms with Crippen molar-refractivity contribution in [3.05, 3.63) is 18.0 Å². The second kappa shape index (κ2) is 5.81. The standard InChI is InChI=1S/C11H21N3/c1-4-6-10(12-8-5-2)11-7-9-14(3)13-11/h7,9-10,12H,4-6,8H2,1-3H3. The molecule has 80 valence electrons. The van der Waals surface area contributed by atoms with Crippen LogP contribution in [0.3, 0.4) is 0 Å². The van der Waals surface area contributed by atoms with Crippen LogP contribution in [0.1, 0.15) is 44.8 Å². The first-order chi connectivity index (χ1) is 6.77. The maximum absolute atomic E-state index is 4.44. The van der Waals surface area contributed by atoms with Crippen LogP contribution < -0.4 is 5.32 Å². The lowest BCUT2D eigenvalue weighted by Gasteiger charge is -2.15. The monoisotopic (exact) mass is 195 g/mol. The Labute approximate surface area is 86.5 Å². The zero-order valence-corrected chi connectivity index (χ0v) is 9.45. The maximum Gasteiger partial charge on any atom is 0.0793 e. The molecule has 0 aliphatic rings. The molecule has 1 unspecified atom stereocenters. The van der Waals surface area contributed by atoms with Gasteiger partial charge in [-0.05, 0) is 25.5 Å². The van der Waals surface area contributed by atoms with E-state index in [1.165, 1.54) is 18.5 Å². The quantitative estimate of drug-likeness (QED) is 0.754. The molecule has 1 aromatic heterocycles. The van der Waals surface area contributed by atoms with Gasteiger partial charge >= 0.3 is 0 Å². The predicted octanol–water partition coefficient (Wildman–Crippen LogP) is 2.26. The van der Waals surface area contributed by atoms with E-state index < -0.39 is 0 Å². The molecule has 0 aliphatic carbocycles. The van der Waals surface area contributed by atoms with Crippen molar-refractivity contribution in [2.75, 3.05) is 6.54 Å². The first-order valence-electron chi connectivity index (χ1n) is 5.50. The molecule has 1 aromatic rings. The van der Waals surface area contributed by atoms with Crippen molar-refractivity contribution in [2.24, 2.45) is 7.05 Å². The van der Waals surface area contributed by atoms with E-state index in [1.807, 2.05) is 17.9 Å². The Balaban J connectivity index is 2.57. The van der Waals surface area contributed by atoms with Crippen molar-refractivity contribution in [2.45, 2.75) is 39.2 Å². The Morgan fingerprint density at radius 1 is 1.43 bits per heavy atom. The summed E-state index contributed by atoms with van der Waals surface area (Å²) in [5, 5.41) is 7.96. The van der Waals surface area contributed by atoms with E-state index in [-0.39, 0.29) is 0 Å².